The van der Waals surface area contributed by atoms with Crippen LogP contribution in [0.5, 0.6) is 0 Å². The first-order chi connectivity index (χ1) is 12.1. The fraction of sp³-hybridized carbons (Fsp3) is 0.136. The summed E-state index contributed by atoms with van der Waals surface area (Å²) in [5.74, 6) is 0. The Kier molecular flexibility index (Phi) is 3.77. The molecular formula is C22H20N2O. The smallest absolute Gasteiger partial charge is 0.274 e. The van der Waals surface area contributed by atoms with E-state index in [2.05, 4.69) is 42.6 Å². The lowest BCUT2D eigenvalue weighted by atomic mass is 10.0. The number of rotatable bonds is 3. The molecule has 4 aromatic rings. The molecule has 0 aliphatic rings. The van der Waals surface area contributed by atoms with E-state index in [-0.39, 0.29) is 11.6 Å². The molecule has 0 bridgehead atoms. The summed E-state index contributed by atoms with van der Waals surface area (Å²) >= 11 is 0. The Labute approximate surface area is 146 Å². The number of anilines is 1. The minimum atomic E-state index is -0.00802. The molecule has 3 aromatic carbocycles. The van der Waals surface area contributed by atoms with E-state index in [0.717, 1.165) is 16.5 Å². The zero-order valence-corrected chi connectivity index (χ0v) is 14.4. The first-order valence-corrected chi connectivity index (χ1v) is 8.47. The van der Waals surface area contributed by atoms with Gasteiger partial charge < -0.3 is 9.88 Å². The van der Waals surface area contributed by atoms with Gasteiger partial charge in [0.2, 0.25) is 0 Å². The molecule has 3 heteroatoms. The second kappa shape index (κ2) is 6.10. The Balaban J connectivity index is 1.72. The molecule has 1 atom stereocenters. The summed E-state index contributed by atoms with van der Waals surface area (Å²) in [6.07, 6.45) is 0. The van der Waals surface area contributed by atoms with Crippen LogP contribution in [0.2, 0.25) is 0 Å². The average Bonchev–Trinajstić information content (AvgIpc) is 2.65. The Bertz CT molecular complexity index is 1130. The number of hydrogen-bond donors (Lipinski definition) is 1. The van der Waals surface area contributed by atoms with E-state index in [0.29, 0.717) is 5.69 Å². The molecule has 0 aliphatic carbocycles. The molecule has 0 aliphatic heterocycles. The van der Waals surface area contributed by atoms with Gasteiger partial charge in [-0.15, -0.1) is 0 Å². The van der Waals surface area contributed by atoms with Crippen LogP contribution in [0.4, 0.5) is 5.69 Å². The van der Waals surface area contributed by atoms with Crippen molar-refractivity contribution >= 4 is 27.4 Å². The number of pyridine rings is 1. The van der Waals surface area contributed by atoms with Gasteiger partial charge in [0.1, 0.15) is 5.69 Å². The van der Waals surface area contributed by atoms with Gasteiger partial charge in [0.05, 0.1) is 5.52 Å². The number of nitrogens with one attached hydrogen (secondary N) is 1. The molecule has 3 nitrogen and oxygen atoms in total. The van der Waals surface area contributed by atoms with Gasteiger partial charge in [-0.25, -0.2) is 0 Å². The monoisotopic (exact) mass is 328 g/mol. The topological polar surface area (TPSA) is 34.0 Å². The van der Waals surface area contributed by atoms with Crippen molar-refractivity contribution in [3.05, 3.63) is 88.7 Å². The highest BCUT2D eigenvalue weighted by Gasteiger charge is 2.11. The molecule has 0 radical (unpaired) electrons. The predicted octanol–water partition coefficient (Wildman–Crippen LogP) is 4.86. The second-order valence-corrected chi connectivity index (χ2v) is 6.45. The van der Waals surface area contributed by atoms with Crippen LogP contribution in [-0.4, -0.2) is 4.57 Å². The summed E-state index contributed by atoms with van der Waals surface area (Å²) in [4.78, 5) is 12.7. The highest BCUT2D eigenvalue weighted by Crippen LogP contribution is 2.23. The largest absolute Gasteiger partial charge is 0.374 e. The van der Waals surface area contributed by atoms with Crippen molar-refractivity contribution in [1.29, 1.82) is 0 Å². The van der Waals surface area contributed by atoms with Gasteiger partial charge in [0.15, 0.2) is 0 Å². The third-order valence-electron chi connectivity index (χ3n) is 4.78. The number of hydrogen-bond acceptors (Lipinski definition) is 2. The van der Waals surface area contributed by atoms with E-state index in [9.17, 15) is 4.79 Å². The zero-order chi connectivity index (χ0) is 17.4. The maximum Gasteiger partial charge on any atom is 0.274 e. The molecular weight excluding hydrogens is 308 g/mol. The van der Waals surface area contributed by atoms with E-state index in [1.54, 1.807) is 4.57 Å². The lowest BCUT2D eigenvalue weighted by molar-refractivity contribution is 0.858. The normalized spacial score (nSPS) is 12.4. The molecule has 4 rings (SSSR count). The van der Waals surface area contributed by atoms with Gasteiger partial charge in [0, 0.05) is 18.5 Å². The van der Waals surface area contributed by atoms with Crippen molar-refractivity contribution in [3.8, 4) is 0 Å². The predicted molar refractivity (Wildman–Crippen MR) is 105 cm³/mol. The van der Waals surface area contributed by atoms with E-state index < -0.39 is 0 Å². The maximum atomic E-state index is 12.7. The zero-order valence-electron chi connectivity index (χ0n) is 14.4. The van der Waals surface area contributed by atoms with E-state index >= 15 is 0 Å². The van der Waals surface area contributed by atoms with Crippen molar-refractivity contribution in [2.24, 2.45) is 7.05 Å². The fourth-order valence-electron chi connectivity index (χ4n) is 3.32. The number of fused-ring (bicyclic) bond motifs is 2. The molecule has 0 fully saturated rings. The molecule has 0 saturated carbocycles. The first-order valence-electron chi connectivity index (χ1n) is 8.47. The van der Waals surface area contributed by atoms with Gasteiger partial charge in [-0.2, -0.15) is 0 Å². The average molecular weight is 328 g/mol. The first kappa shape index (κ1) is 15.5. The number of aryl methyl sites for hydroxylation is 1. The van der Waals surface area contributed by atoms with Gasteiger partial charge >= 0.3 is 0 Å². The van der Waals surface area contributed by atoms with Crippen LogP contribution >= 0.6 is 0 Å². The molecule has 25 heavy (non-hydrogen) atoms. The van der Waals surface area contributed by atoms with Crippen LogP contribution in [0.25, 0.3) is 21.7 Å². The van der Waals surface area contributed by atoms with Crippen molar-refractivity contribution in [2.45, 2.75) is 13.0 Å². The summed E-state index contributed by atoms with van der Waals surface area (Å²) in [5, 5.41) is 6.87. The standard InChI is InChI=1S/C22H20N2O/c1-15(17-12-11-16-7-3-4-8-18(16)13-17)23-20-14-19-9-5-6-10-21(19)24(2)22(20)25/h3-15,23H,1-2H3/t15-/m1/s1. The van der Waals surface area contributed by atoms with Crippen LogP contribution in [0.15, 0.2) is 77.6 Å². The number of aromatic nitrogens is 1. The summed E-state index contributed by atoms with van der Waals surface area (Å²) in [6, 6.07) is 24.6. The van der Waals surface area contributed by atoms with Gasteiger partial charge in [-0.3, -0.25) is 4.79 Å². The van der Waals surface area contributed by atoms with Crippen molar-refractivity contribution in [2.75, 3.05) is 5.32 Å². The van der Waals surface area contributed by atoms with Crippen LogP contribution in [-0.2, 0) is 7.05 Å². The molecule has 0 spiro atoms. The quantitative estimate of drug-likeness (QED) is 0.582. The van der Waals surface area contributed by atoms with Crippen LogP contribution in [0, 0.1) is 0 Å². The number of benzene rings is 3. The van der Waals surface area contributed by atoms with Crippen LogP contribution < -0.4 is 10.9 Å². The summed E-state index contributed by atoms with van der Waals surface area (Å²) < 4.78 is 1.70. The van der Waals surface area contributed by atoms with Gasteiger partial charge in [-0.05, 0) is 41.5 Å². The molecule has 0 unspecified atom stereocenters. The lowest BCUT2D eigenvalue weighted by Crippen LogP contribution is -2.22. The molecule has 1 heterocycles. The molecule has 0 saturated heterocycles. The maximum absolute atomic E-state index is 12.7. The minimum Gasteiger partial charge on any atom is -0.374 e. The third kappa shape index (κ3) is 2.78. The van der Waals surface area contributed by atoms with Gasteiger partial charge in [-0.1, -0.05) is 54.6 Å². The lowest BCUT2D eigenvalue weighted by Gasteiger charge is -2.17. The Morgan fingerprint density at radius 3 is 2.32 bits per heavy atom. The highest BCUT2D eigenvalue weighted by atomic mass is 16.1. The summed E-state index contributed by atoms with van der Waals surface area (Å²) in [5.41, 5.74) is 2.72. The third-order valence-corrected chi connectivity index (χ3v) is 4.78. The molecule has 124 valence electrons. The molecule has 1 aromatic heterocycles. The van der Waals surface area contributed by atoms with Crippen LogP contribution in [0.1, 0.15) is 18.5 Å². The minimum absolute atomic E-state index is 0.00802. The number of nitrogens with zero attached hydrogens (tertiary/aromatic N) is 1. The Hall–Kier alpha value is -3.07. The molecule has 0 amide bonds. The fourth-order valence-corrected chi connectivity index (χ4v) is 3.32. The van der Waals surface area contributed by atoms with E-state index in [4.69, 9.17) is 0 Å². The Morgan fingerprint density at radius 2 is 1.52 bits per heavy atom. The summed E-state index contributed by atoms with van der Waals surface area (Å²) in [7, 11) is 1.82. The van der Waals surface area contributed by atoms with Crippen molar-refractivity contribution in [3.63, 3.8) is 0 Å². The van der Waals surface area contributed by atoms with Crippen molar-refractivity contribution in [1.82, 2.24) is 4.57 Å². The molecule has 1 N–H and O–H groups in total. The van der Waals surface area contributed by atoms with Crippen LogP contribution in [0.3, 0.4) is 0 Å². The van der Waals surface area contributed by atoms with Gasteiger partial charge in [0.25, 0.3) is 5.56 Å². The van der Waals surface area contributed by atoms with Crippen molar-refractivity contribution < 1.29 is 0 Å². The van der Waals surface area contributed by atoms with E-state index in [1.807, 2.05) is 49.5 Å². The Morgan fingerprint density at radius 1 is 0.840 bits per heavy atom. The van der Waals surface area contributed by atoms with E-state index in [1.165, 1.54) is 10.8 Å². The SMILES string of the molecule is C[C@@H](Nc1cc2ccccc2n(C)c1=O)c1ccc2ccccc2c1. The number of para-hydroxylation sites is 1. The highest BCUT2D eigenvalue weighted by molar-refractivity contribution is 5.84. The second-order valence-electron chi connectivity index (χ2n) is 6.45. The summed E-state index contributed by atoms with van der Waals surface area (Å²) in [6.45, 7) is 2.08.